The highest BCUT2D eigenvalue weighted by Gasteiger charge is 2.64. The van der Waals surface area contributed by atoms with Gasteiger partial charge in [-0.05, 0) is 18.6 Å². The number of aliphatic carboxylic acids is 1. The van der Waals surface area contributed by atoms with E-state index in [4.69, 9.17) is 16.7 Å². The van der Waals surface area contributed by atoms with E-state index in [1.54, 1.807) is 24.3 Å². The third-order valence-corrected chi connectivity index (χ3v) is 4.80. The number of alkyl halides is 3. The van der Waals surface area contributed by atoms with E-state index in [0.717, 1.165) is 4.90 Å². The van der Waals surface area contributed by atoms with Crippen LogP contribution in [-0.4, -0.2) is 51.3 Å². The molecule has 1 atom stereocenters. The van der Waals surface area contributed by atoms with E-state index < -0.39 is 36.4 Å². The zero-order chi connectivity index (χ0) is 19.1. The van der Waals surface area contributed by atoms with Crippen molar-refractivity contribution in [3.8, 4) is 11.3 Å². The van der Waals surface area contributed by atoms with Crippen LogP contribution in [0.4, 0.5) is 13.2 Å². The van der Waals surface area contributed by atoms with Crippen molar-refractivity contribution in [2.45, 2.75) is 12.6 Å². The number of H-pyrrole nitrogens is 1. The lowest BCUT2D eigenvalue weighted by Gasteiger charge is -2.27. The van der Waals surface area contributed by atoms with Gasteiger partial charge in [-0.1, -0.05) is 29.8 Å². The first-order valence-corrected chi connectivity index (χ1v) is 7.93. The molecular formula is C16H13ClF3N3O3. The summed E-state index contributed by atoms with van der Waals surface area (Å²) in [5.74, 6) is -2.73. The number of carboxylic acid groups (broad SMARTS) is 1. The number of carboxylic acids is 1. The molecule has 10 heteroatoms. The molecule has 2 N–H and O–H groups in total. The molecule has 0 saturated carbocycles. The Bertz CT molecular complexity index is 868. The van der Waals surface area contributed by atoms with E-state index in [1.807, 2.05) is 0 Å². The number of halogens is 4. The predicted octanol–water partition coefficient (Wildman–Crippen LogP) is 3.21. The Morgan fingerprint density at radius 1 is 1.31 bits per heavy atom. The normalized spacial score (nSPS) is 20.4. The number of rotatable bonds is 3. The summed E-state index contributed by atoms with van der Waals surface area (Å²) in [4.78, 5) is 24.6. The van der Waals surface area contributed by atoms with Gasteiger partial charge in [0.1, 0.15) is 5.69 Å². The maximum Gasteiger partial charge on any atom is 0.406 e. The van der Waals surface area contributed by atoms with Crippen LogP contribution < -0.4 is 0 Å². The molecule has 0 spiro atoms. The fraction of sp³-hybridized carbons (Fsp3) is 0.312. The Hall–Kier alpha value is -2.55. The molecule has 1 unspecified atom stereocenters. The van der Waals surface area contributed by atoms with Crippen LogP contribution in [0.2, 0.25) is 5.02 Å². The minimum atomic E-state index is -4.95. The van der Waals surface area contributed by atoms with E-state index >= 15 is 0 Å². The molecule has 1 aliphatic rings. The first-order valence-electron chi connectivity index (χ1n) is 7.55. The van der Waals surface area contributed by atoms with E-state index in [1.165, 1.54) is 6.07 Å². The lowest BCUT2D eigenvalue weighted by Crippen LogP contribution is -2.47. The standard InChI is InChI=1S/C16H13ClF3N3O3/c17-10-4-2-1-3-9(10)11-7-12(22-21-11)13(24)23-6-5-15(8-23,14(25)26)16(18,19)20/h1-4,7H,5-6,8H2,(H,21,22)(H,25,26). The molecule has 0 bridgehead atoms. The molecule has 2 heterocycles. The molecule has 26 heavy (non-hydrogen) atoms. The highest BCUT2D eigenvalue weighted by Crippen LogP contribution is 2.46. The number of carbonyl (C=O) groups excluding carboxylic acids is 1. The van der Waals surface area contributed by atoms with Gasteiger partial charge in [0.2, 0.25) is 0 Å². The fourth-order valence-electron chi connectivity index (χ4n) is 2.92. The average molecular weight is 388 g/mol. The van der Waals surface area contributed by atoms with E-state index in [-0.39, 0.29) is 12.2 Å². The number of aromatic amines is 1. The zero-order valence-corrected chi connectivity index (χ0v) is 13.9. The van der Waals surface area contributed by atoms with E-state index in [0.29, 0.717) is 16.3 Å². The first-order chi connectivity index (χ1) is 12.2. The number of hydrogen-bond acceptors (Lipinski definition) is 3. The van der Waals surface area contributed by atoms with Gasteiger partial charge in [0, 0.05) is 18.7 Å². The summed E-state index contributed by atoms with van der Waals surface area (Å²) in [7, 11) is 0. The Balaban J connectivity index is 1.84. The van der Waals surface area contributed by atoms with Gasteiger partial charge in [-0.15, -0.1) is 0 Å². The summed E-state index contributed by atoms with van der Waals surface area (Å²) in [6, 6.07) is 8.14. The van der Waals surface area contributed by atoms with Crippen molar-refractivity contribution >= 4 is 23.5 Å². The third kappa shape index (κ3) is 2.92. The molecule has 1 fully saturated rings. The van der Waals surface area contributed by atoms with Gasteiger partial charge < -0.3 is 10.0 Å². The topological polar surface area (TPSA) is 86.3 Å². The smallest absolute Gasteiger partial charge is 0.406 e. The highest BCUT2D eigenvalue weighted by molar-refractivity contribution is 6.33. The van der Waals surface area contributed by atoms with Crippen LogP contribution in [0.25, 0.3) is 11.3 Å². The minimum Gasteiger partial charge on any atom is -0.481 e. The van der Waals surface area contributed by atoms with Crippen molar-refractivity contribution in [3.63, 3.8) is 0 Å². The lowest BCUT2D eigenvalue weighted by atomic mass is 9.86. The second kappa shape index (κ2) is 6.31. The largest absolute Gasteiger partial charge is 0.481 e. The van der Waals surface area contributed by atoms with Crippen molar-refractivity contribution in [2.24, 2.45) is 5.41 Å². The molecule has 1 amide bonds. The molecule has 1 aliphatic heterocycles. The van der Waals surface area contributed by atoms with Gasteiger partial charge in [-0.25, -0.2) is 0 Å². The maximum atomic E-state index is 13.2. The highest BCUT2D eigenvalue weighted by atomic mass is 35.5. The summed E-state index contributed by atoms with van der Waals surface area (Å²) in [5.41, 5.74) is -2.07. The average Bonchev–Trinajstić information content (AvgIpc) is 3.22. The van der Waals surface area contributed by atoms with Crippen LogP contribution in [-0.2, 0) is 4.79 Å². The number of nitrogens with one attached hydrogen (secondary N) is 1. The molecule has 6 nitrogen and oxygen atoms in total. The number of nitrogens with zero attached hydrogens (tertiary/aromatic N) is 2. The number of carbonyl (C=O) groups is 2. The van der Waals surface area contributed by atoms with Crippen LogP contribution >= 0.6 is 11.6 Å². The Morgan fingerprint density at radius 3 is 2.58 bits per heavy atom. The molecule has 2 aromatic rings. The van der Waals surface area contributed by atoms with Gasteiger partial charge in [0.05, 0.1) is 10.7 Å². The van der Waals surface area contributed by atoms with Crippen molar-refractivity contribution in [1.82, 2.24) is 15.1 Å². The molecule has 3 rings (SSSR count). The number of hydrogen-bond donors (Lipinski definition) is 2. The quantitative estimate of drug-likeness (QED) is 0.846. The Kier molecular flexibility index (Phi) is 4.43. The monoisotopic (exact) mass is 387 g/mol. The molecule has 138 valence electrons. The maximum absolute atomic E-state index is 13.2. The SMILES string of the molecule is O=C(c1cc(-c2ccccc2Cl)n[nH]1)N1CCC(C(=O)O)(C(F)(F)F)C1. The summed E-state index contributed by atoms with van der Waals surface area (Å²) < 4.78 is 39.7. The van der Waals surface area contributed by atoms with Crippen molar-refractivity contribution in [2.75, 3.05) is 13.1 Å². The zero-order valence-electron chi connectivity index (χ0n) is 13.2. The lowest BCUT2D eigenvalue weighted by molar-refractivity contribution is -0.227. The van der Waals surface area contributed by atoms with Crippen LogP contribution in [0.15, 0.2) is 30.3 Å². The van der Waals surface area contributed by atoms with Gasteiger partial charge in [-0.3, -0.25) is 14.7 Å². The Morgan fingerprint density at radius 2 is 2.00 bits per heavy atom. The number of likely N-dealkylation sites (tertiary alicyclic amines) is 1. The molecule has 0 aliphatic carbocycles. The van der Waals surface area contributed by atoms with E-state index in [9.17, 15) is 22.8 Å². The van der Waals surface area contributed by atoms with Gasteiger partial charge in [0.15, 0.2) is 5.41 Å². The summed E-state index contributed by atoms with van der Waals surface area (Å²) in [6.45, 7) is -1.25. The molecule has 0 radical (unpaired) electrons. The van der Waals surface area contributed by atoms with E-state index in [2.05, 4.69) is 10.2 Å². The fourth-order valence-corrected chi connectivity index (χ4v) is 3.15. The number of amides is 1. The van der Waals surface area contributed by atoms with Crippen LogP contribution in [0.3, 0.4) is 0 Å². The van der Waals surface area contributed by atoms with Crippen molar-refractivity contribution in [3.05, 3.63) is 41.0 Å². The second-order valence-corrected chi connectivity index (χ2v) is 6.42. The second-order valence-electron chi connectivity index (χ2n) is 6.01. The van der Waals surface area contributed by atoms with Crippen molar-refractivity contribution in [1.29, 1.82) is 0 Å². The molecular weight excluding hydrogens is 375 g/mol. The van der Waals surface area contributed by atoms with Crippen molar-refractivity contribution < 1.29 is 27.9 Å². The Labute approximate surface area is 150 Å². The molecule has 1 aromatic carbocycles. The van der Waals surface area contributed by atoms with Gasteiger partial charge >= 0.3 is 12.1 Å². The third-order valence-electron chi connectivity index (χ3n) is 4.47. The molecule has 1 aromatic heterocycles. The van der Waals surface area contributed by atoms with Crippen LogP contribution in [0, 0.1) is 5.41 Å². The van der Waals surface area contributed by atoms with Crippen LogP contribution in [0.5, 0.6) is 0 Å². The molecule has 1 saturated heterocycles. The summed E-state index contributed by atoms with van der Waals surface area (Å²) >= 11 is 6.06. The number of benzene rings is 1. The predicted molar refractivity (Wildman–Crippen MR) is 85.7 cm³/mol. The van der Waals surface area contributed by atoms with Crippen LogP contribution in [0.1, 0.15) is 16.9 Å². The van der Waals surface area contributed by atoms with Gasteiger partial charge in [-0.2, -0.15) is 18.3 Å². The summed E-state index contributed by atoms with van der Waals surface area (Å²) in [6.07, 6.45) is -5.65. The number of aromatic nitrogens is 2. The minimum absolute atomic E-state index is 0.0386. The summed E-state index contributed by atoms with van der Waals surface area (Å²) in [5, 5.41) is 15.9. The van der Waals surface area contributed by atoms with Gasteiger partial charge in [0.25, 0.3) is 5.91 Å². The first kappa shape index (κ1) is 18.2.